The molecule has 108 valence electrons. The summed E-state index contributed by atoms with van der Waals surface area (Å²) in [7, 11) is 0. The molecule has 2 atom stereocenters. The van der Waals surface area contributed by atoms with Crippen molar-refractivity contribution in [2.24, 2.45) is 0 Å². The molecule has 2 unspecified atom stereocenters. The Morgan fingerprint density at radius 2 is 2.37 bits per heavy atom. The molecule has 0 spiro atoms. The fourth-order valence-corrected chi connectivity index (χ4v) is 2.79. The molecule has 1 N–H and O–H groups in total. The lowest BCUT2D eigenvalue weighted by Crippen LogP contribution is -2.50. The molecule has 1 aliphatic heterocycles. The van der Waals surface area contributed by atoms with Crippen LogP contribution in [0.15, 0.2) is 6.33 Å². The van der Waals surface area contributed by atoms with Crippen molar-refractivity contribution in [1.29, 1.82) is 0 Å². The average Bonchev–Trinajstić information content (AvgIpc) is 3.03. The lowest BCUT2D eigenvalue weighted by atomic mass is 9.90. The summed E-state index contributed by atoms with van der Waals surface area (Å²) >= 11 is 0. The zero-order valence-corrected chi connectivity index (χ0v) is 12.4. The summed E-state index contributed by atoms with van der Waals surface area (Å²) in [4.78, 5) is 4.39. The molecule has 1 aromatic heterocycles. The summed E-state index contributed by atoms with van der Waals surface area (Å²) in [6.07, 6.45) is 5.93. The van der Waals surface area contributed by atoms with Gasteiger partial charge in [-0.2, -0.15) is 5.10 Å². The van der Waals surface area contributed by atoms with Gasteiger partial charge in [-0.25, -0.2) is 4.98 Å². The van der Waals surface area contributed by atoms with Crippen molar-refractivity contribution in [3.63, 3.8) is 0 Å². The van der Waals surface area contributed by atoms with E-state index < -0.39 is 0 Å². The van der Waals surface area contributed by atoms with Crippen molar-refractivity contribution in [1.82, 2.24) is 20.1 Å². The Balaban J connectivity index is 2.09. The number of hydrogen-bond donors (Lipinski definition) is 1. The molecule has 0 amide bonds. The van der Waals surface area contributed by atoms with E-state index >= 15 is 0 Å². The predicted octanol–water partition coefficient (Wildman–Crippen LogP) is 1.78. The van der Waals surface area contributed by atoms with Gasteiger partial charge in [0.2, 0.25) is 0 Å². The highest BCUT2D eigenvalue weighted by molar-refractivity contribution is 5.00. The predicted molar refractivity (Wildman–Crippen MR) is 75.1 cm³/mol. The van der Waals surface area contributed by atoms with Crippen LogP contribution in [0.4, 0.5) is 0 Å². The molecule has 1 saturated heterocycles. The number of nitrogens with zero attached hydrogens (tertiary/aromatic N) is 3. The Bertz CT molecular complexity index is 385. The Morgan fingerprint density at radius 1 is 1.53 bits per heavy atom. The molecule has 0 aliphatic carbocycles. The van der Waals surface area contributed by atoms with Crippen LogP contribution in [0.3, 0.4) is 0 Å². The lowest BCUT2D eigenvalue weighted by molar-refractivity contribution is -0.0121. The van der Waals surface area contributed by atoms with Crippen LogP contribution in [0.1, 0.15) is 45.9 Å². The van der Waals surface area contributed by atoms with Crippen LogP contribution in [0, 0.1) is 0 Å². The molecule has 1 fully saturated rings. The maximum atomic E-state index is 6.00. The standard InChI is InChI=1S/C14H26N4O/c1-4-8-15-12(14(3)7-6-9-19-14)10-13-16-11-17-18(13)5-2/h11-12,15H,4-10H2,1-3H3. The Kier molecular flexibility index (Phi) is 4.93. The van der Waals surface area contributed by atoms with Gasteiger partial charge < -0.3 is 10.1 Å². The van der Waals surface area contributed by atoms with E-state index in [-0.39, 0.29) is 5.60 Å². The molecule has 0 aromatic carbocycles. The van der Waals surface area contributed by atoms with Gasteiger partial charge in [-0.05, 0) is 39.7 Å². The van der Waals surface area contributed by atoms with Crippen LogP contribution in [-0.4, -0.2) is 39.6 Å². The molecular formula is C14H26N4O. The summed E-state index contributed by atoms with van der Waals surface area (Å²) in [6, 6.07) is 0.310. The Labute approximate surface area is 115 Å². The highest BCUT2D eigenvalue weighted by atomic mass is 16.5. The number of nitrogens with one attached hydrogen (secondary N) is 1. The van der Waals surface area contributed by atoms with E-state index in [9.17, 15) is 0 Å². The van der Waals surface area contributed by atoms with Crippen LogP contribution in [-0.2, 0) is 17.7 Å². The Hall–Kier alpha value is -0.940. The lowest BCUT2D eigenvalue weighted by Gasteiger charge is -2.34. The van der Waals surface area contributed by atoms with E-state index in [0.717, 1.165) is 51.2 Å². The maximum absolute atomic E-state index is 6.00. The van der Waals surface area contributed by atoms with Gasteiger partial charge in [0, 0.05) is 25.6 Å². The second-order valence-electron chi connectivity index (χ2n) is 5.47. The van der Waals surface area contributed by atoms with Crippen molar-refractivity contribution in [3.05, 3.63) is 12.2 Å². The first-order valence-corrected chi connectivity index (χ1v) is 7.43. The van der Waals surface area contributed by atoms with Gasteiger partial charge in [-0.3, -0.25) is 4.68 Å². The van der Waals surface area contributed by atoms with Gasteiger partial charge in [0.05, 0.1) is 5.60 Å². The zero-order chi connectivity index (χ0) is 13.7. The summed E-state index contributed by atoms with van der Waals surface area (Å²) in [5.74, 6) is 1.05. The molecule has 2 rings (SSSR count). The van der Waals surface area contributed by atoms with E-state index in [1.165, 1.54) is 0 Å². The van der Waals surface area contributed by atoms with Gasteiger partial charge in [0.15, 0.2) is 0 Å². The molecule has 1 aromatic rings. The van der Waals surface area contributed by atoms with Gasteiger partial charge in [0.1, 0.15) is 12.2 Å². The molecule has 19 heavy (non-hydrogen) atoms. The average molecular weight is 266 g/mol. The first-order chi connectivity index (χ1) is 9.19. The van der Waals surface area contributed by atoms with Crippen LogP contribution < -0.4 is 5.32 Å². The highest BCUT2D eigenvalue weighted by Crippen LogP contribution is 2.30. The smallest absolute Gasteiger partial charge is 0.138 e. The van der Waals surface area contributed by atoms with Crippen LogP contribution in [0.25, 0.3) is 0 Å². The topological polar surface area (TPSA) is 52.0 Å². The molecular weight excluding hydrogens is 240 g/mol. The van der Waals surface area contributed by atoms with E-state index in [1.807, 2.05) is 4.68 Å². The van der Waals surface area contributed by atoms with Crippen molar-refractivity contribution in [3.8, 4) is 0 Å². The Morgan fingerprint density at radius 3 is 3.00 bits per heavy atom. The van der Waals surface area contributed by atoms with Crippen molar-refractivity contribution in [2.75, 3.05) is 13.2 Å². The minimum absolute atomic E-state index is 0.0698. The minimum Gasteiger partial charge on any atom is -0.374 e. The van der Waals surface area contributed by atoms with E-state index in [4.69, 9.17) is 4.74 Å². The monoisotopic (exact) mass is 266 g/mol. The SMILES string of the molecule is CCCNC(Cc1ncnn1CC)C1(C)CCCO1. The maximum Gasteiger partial charge on any atom is 0.138 e. The summed E-state index contributed by atoms with van der Waals surface area (Å²) in [5.41, 5.74) is -0.0698. The highest BCUT2D eigenvalue weighted by Gasteiger charge is 2.38. The number of hydrogen-bond acceptors (Lipinski definition) is 4. The summed E-state index contributed by atoms with van der Waals surface area (Å²) in [5, 5.41) is 7.89. The van der Waals surface area contributed by atoms with Gasteiger partial charge in [-0.1, -0.05) is 6.92 Å². The molecule has 5 nitrogen and oxygen atoms in total. The normalized spacial score (nSPS) is 24.8. The molecule has 5 heteroatoms. The van der Waals surface area contributed by atoms with E-state index in [1.54, 1.807) is 6.33 Å². The fourth-order valence-electron chi connectivity index (χ4n) is 2.79. The number of aromatic nitrogens is 3. The van der Waals surface area contributed by atoms with E-state index in [0.29, 0.717) is 6.04 Å². The number of ether oxygens (including phenoxy) is 1. The molecule has 0 saturated carbocycles. The van der Waals surface area contributed by atoms with Crippen molar-refractivity contribution < 1.29 is 4.74 Å². The quantitative estimate of drug-likeness (QED) is 0.817. The third-order valence-corrected chi connectivity index (χ3v) is 4.01. The minimum atomic E-state index is -0.0698. The van der Waals surface area contributed by atoms with Crippen molar-refractivity contribution >= 4 is 0 Å². The first-order valence-electron chi connectivity index (χ1n) is 7.43. The number of aryl methyl sites for hydroxylation is 1. The van der Waals surface area contributed by atoms with Gasteiger partial charge in [0.25, 0.3) is 0 Å². The molecule has 0 bridgehead atoms. The number of rotatable bonds is 7. The van der Waals surface area contributed by atoms with Crippen LogP contribution >= 0.6 is 0 Å². The summed E-state index contributed by atoms with van der Waals surface area (Å²) in [6.45, 7) is 9.27. The van der Waals surface area contributed by atoms with Gasteiger partial charge in [-0.15, -0.1) is 0 Å². The second-order valence-corrected chi connectivity index (χ2v) is 5.47. The summed E-state index contributed by atoms with van der Waals surface area (Å²) < 4.78 is 7.97. The second kappa shape index (κ2) is 6.48. The fraction of sp³-hybridized carbons (Fsp3) is 0.857. The third-order valence-electron chi connectivity index (χ3n) is 4.01. The van der Waals surface area contributed by atoms with Crippen molar-refractivity contribution in [2.45, 2.75) is 64.6 Å². The molecule has 2 heterocycles. The molecule has 0 radical (unpaired) electrons. The molecule has 1 aliphatic rings. The third kappa shape index (κ3) is 3.34. The van der Waals surface area contributed by atoms with Gasteiger partial charge >= 0.3 is 0 Å². The first kappa shape index (κ1) is 14.5. The zero-order valence-electron chi connectivity index (χ0n) is 12.4. The van der Waals surface area contributed by atoms with E-state index in [2.05, 4.69) is 36.2 Å². The van der Waals surface area contributed by atoms with Crippen LogP contribution in [0.5, 0.6) is 0 Å². The largest absolute Gasteiger partial charge is 0.374 e. The van der Waals surface area contributed by atoms with Crippen LogP contribution in [0.2, 0.25) is 0 Å².